The van der Waals surface area contributed by atoms with Crippen molar-refractivity contribution in [2.75, 3.05) is 0 Å². The molecule has 36 heavy (non-hydrogen) atoms. The number of benzene rings is 1. The largest absolute Gasteiger partial charge is 0.256 e. The Morgan fingerprint density at radius 1 is 0.306 bits per heavy atom. The van der Waals surface area contributed by atoms with E-state index in [1.54, 1.807) is 0 Å². The van der Waals surface area contributed by atoms with Gasteiger partial charge in [0.2, 0.25) is 0 Å². The molecule has 6 aromatic rings. The summed E-state index contributed by atoms with van der Waals surface area (Å²) in [4.78, 5) is 23.8. The van der Waals surface area contributed by atoms with E-state index in [-0.39, 0.29) is 0 Å². The van der Waals surface area contributed by atoms with Gasteiger partial charge in [-0.25, -0.2) is 0 Å². The second-order valence-corrected chi connectivity index (χ2v) is 8.17. The monoisotopic (exact) mass is 463 g/mol. The van der Waals surface area contributed by atoms with Gasteiger partial charge in [-0.15, -0.1) is 0 Å². The van der Waals surface area contributed by atoms with Crippen LogP contribution < -0.4 is 0 Å². The van der Waals surface area contributed by atoms with Crippen LogP contribution in [0.15, 0.2) is 128 Å². The normalized spacial score (nSPS) is 10.8. The summed E-state index contributed by atoms with van der Waals surface area (Å²) in [6.45, 7) is 0. The van der Waals surface area contributed by atoms with E-state index in [2.05, 4.69) is 6.07 Å². The molecule has 0 aliphatic heterocycles. The standard InChI is InChI=1S/C31H21N5/c1-6-16-32-24(11-1)22-21-23(25-12-2-7-17-33-25)30(27-14-4-9-19-35-27)31(28-15-5-10-20-36-28)29(22)26-13-3-8-18-34-26/h1-21H. The molecule has 0 spiro atoms. The quantitative estimate of drug-likeness (QED) is 0.275. The summed E-state index contributed by atoms with van der Waals surface area (Å²) in [5.41, 5.74) is 8.95. The van der Waals surface area contributed by atoms with Crippen LogP contribution in [0.1, 0.15) is 0 Å². The fourth-order valence-corrected chi connectivity index (χ4v) is 4.45. The van der Waals surface area contributed by atoms with Crippen molar-refractivity contribution in [1.82, 2.24) is 24.9 Å². The maximum atomic E-state index is 4.79. The Balaban J connectivity index is 1.84. The van der Waals surface area contributed by atoms with Crippen LogP contribution in [0.4, 0.5) is 0 Å². The van der Waals surface area contributed by atoms with Crippen molar-refractivity contribution in [1.29, 1.82) is 0 Å². The first-order valence-electron chi connectivity index (χ1n) is 11.7. The van der Waals surface area contributed by atoms with Crippen LogP contribution in [0.2, 0.25) is 0 Å². The first kappa shape index (κ1) is 21.5. The molecule has 0 fully saturated rings. The second kappa shape index (κ2) is 9.68. The summed E-state index contributed by atoms with van der Waals surface area (Å²) in [5.74, 6) is 0. The highest BCUT2D eigenvalue weighted by atomic mass is 14.7. The van der Waals surface area contributed by atoms with Crippen molar-refractivity contribution in [3.05, 3.63) is 128 Å². The molecule has 5 heteroatoms. The van der Waals surface area contributed by atoms with Gasteiger partial charge >= 0.3 is 0 Å². The summed E-state index contributed by atoms with van der Waals surface area (Å²) in [6.07, 6.45) is 9.06. The summed E-state index contributed by atoms with van der Waals surface area (Å²) >= 11 is 0. The smallest absolute Gasteiger partial charge is 0.0716 e. The van der Waals surface area contributed by atoms with E-state index in [4.69, 9.17) is 24.9 Å². The van der Waals surface area contributed by atoms with E-state index in [0.29, 0.717) is 0 Å². The van der Waals surface area contributed by atoms with Gasteiger partial charge < -0.3 is 0 Å². The zero-order chi connectivity index (χ0) is 24.2. The van der Waals surface area contributed by atoms with Gasteiger partial charge in [0, 0.05) is 58.8 Å². The third kappa shape index (κ3) is 4.03. The molecule has 0 unspecified atom stereocenters. The molecular formula is C31H21N5. The van der Waals surface area contributed by atoms with E-state index < -0.39 is 0 Å². The molecule has 0 bridgehead atoms. The van der Waals surface area contributed by atoms with E-state index in [0.717, 1.165) is 56.3 Å². The SMILES string of the molecule is c1ccc(-c2cc(-c3ccccn3)c(-c3ccccn3)c(-c3ccccn3)c2-c2ccccn2)nc1. The molecule has 5 nitrogen and oxygen atoms in total. The number of rotatable bonds is 5. The molecule has 0 saturated heterocycles. The van der Waals surface area contributed by atoms with Crippen molar-refractivity contribution in [3.63, 3.8) is 0 Å². The Kier molecular flexibility index (Phi) is 5.78. The van der Waals surface area contributed by atoms with E-state index >= 15 is 0 Å². The van der Waals surface area contributed by atoms with Gasteiger partial charge in [-0.2, -0.15) is 0 Å². The molecule has 6 rings (SSSR count). The molecule has 170 valence electrons. The minimum Gasteiger partial charge on any atom is -0.256 e. The first-order chi connectivity index (χ1) is 17.9. The van der Waals surface area contributed by atoms with E-state index in [1.165, 1.54) is 0 Å². The van der Waals surface area contributed by atoms with Crippen LogP contribution in [0.25, 0.3) is 56.3 Å². The van der Waals surface area contributed by atoms with Crippen LogP contribution in [-0.2, 0) is 0 Å². The summed E-state index contributed by atoms with van der Waals surface area (Å²) in [6, 6.07) is 31.9. The maximum Gasteiger partial charge on any atom is 0.0716 e. The van der Waals surface area contributed by atoms with Crippen molar-refractivity contribution in [3.8, 4) is 56.3 Å². The lowest BCUT2D eigenvalue weighted by molar-refractivity contribution is 1.26. The van der Waals surface area contributed by atoms with Crippen LogP contribution in [0.5, 0.6) is 0 Å². The molecule has 0 saturated carbocycles. The first-order valence-corrected chi connectivity index (χ1v) is 11.7. The average Bonchev–Trinajstić information content (AvgIpc) is 2.98. The highest BCUT2D eigenvalue weighted by Crippen LogP contribution is 2.48. The number of hydrogen-bond acceptors (Lipinski definition) is 5. The molecular weight excluding hydrogens is 442 g/mol. The number of nitrogens with zero attached hydrogens (tertiary/aromatic N) is 5. The maximum absolute atomic E-state index is 4.79. The third-order valence-corrected chi connectivity index (χ3v) is 5.97. The molecule has 0 aliphatic carbocycles. The Bertz CT molecular complexity index is 1490. The molecule has 0 radical (unpaired) electrons. The lowest BCUT2D eigenvalue weighted by atomic mass is 9.84. The van der Waals surface area contributed by atoms with Gasteiger partial charge in [0.05, 0.1) is 28.5 Å². The van der Waals surface area contributed by atoms with Gasteiger partial charge in [0.25, 0.3) is 0 Å². The molecule has 1 aromatic carbocycles. The van der Waals surface area contributed by atoms with Crippen LogP contribution in [-0.4, -0.2) is 24.9 Å². The molecule has 0 N–H and O–H groups in total. The second-order valence-electron chi connectivity index (χ2n) is 8.17. The van der Waals surface area contributed by atoms with Crippen molar-refractivity contribution in [2.24, 2.45) is 0 Å². The zero-order valence-electron chi connectivity index (χ0n) is 19.4. The van der Waals surface area contributed by atoms with Crippen molar-refractivity contribution >= 4 is 0 Å². The van der Waals surface area contributed by atoms with Gasteiger partial charge in [0.15, 0.2) is 0 Å². The highest BCUT2D eigenvalue weighted by Gasteiger charge is 2.26. The zero-order valence-corrected chi connectivity index (χ0v) is 19.4. The minimum absolute atomic E-state index is 0.828. The molecule has 0 aliphatic rings. The van der Waals surface area contributed by atoms with Crippen LogP contribution in [0, 0.1) is 0 Å². The Morgan fingerprint density at radius 2 is 0.611 bits per heavy atom. The Morgan fingerprint density at radius 3 is 0.917 bits per heavy atom. The van der Waals surface area contributed by atoms with Crippen molar-refractivity contribution in [2.45, 2.75) is 0 Å². The Hall–Kier alpha value is -5.03. The predicted octanol–water partition coefficient (Wildman–Crippen LogP) is 7.00. The predicted molar refractivity (Wildman–Crippen MR) is 143 cm³/mol. The number of hydrogen-bond donors (Lipinski definition) is 0. The highest BCUT2D eigenvalue weighted by molar-refractivity contribution is 6.04. The fourth-order valence-electron chi connectivity index (χ4n) is 4.45. The van der Waals surface area contributed by atoms with Gasteiger partial charge in [0.1, 0.15) is 0 Å². The van der Waals surface area contributed by atoms with Gasteiger partial charge in [-0.1, -0.05) is 30.3 Å². The number of aromatic nitrogens is 5. The van der Waals surface area contributed by atoms with E-state index in [9.17, 15) is 0 Å². The molecule has 5 heterocycles. The van der Waals surface area contributed by atoms with Crippen LogP contribution in [0.3, 0.4) is 0 Å². The summed E-state index contributed by atoms with van der Waals surface area (Å²) in [7, 11) is 0. The summed E-state index contributed by atoms with van der Waals surface area (Å²) in [5, 5.41) is 0. The van der Waals surface area contributed by atoms with Gasteiger partial charge in [-0.05, 0) is 66.7 Å². The molecule has 0 amide bonds. The topological polar surface area (TPSA) is 64.5 Å². The fraction of sp³-hybridized carbons (Fsp3) is 0. The van der Waals surface area contributed by atoms with Crippen LogP contribution >= 0.6 is 0 Å². The van der Waals surface area contributed by atoms with Crippen molar-refractivity contribution < 1.29 is 0 Å². The molecule has 5 aromatic heterocycles. The summed E-state index contributed by atoms with van der Waals surface area (Å²) < 4.78 is 0. The lowest BCUT2D eigenvalue weighted by Gasteiger charge is -2.22. The molecule has 0 atom stereocenters. The minimum atomic E-state index is 0.828. The lowest BCUT2D eigenvalue weighted by Crippen LogP contribution is -2.01. The number of pyridine rings is 5. The third-order valence-electron chi connectivity index (χ3n) is 5.97. The van der Waals surface area contributed by atoms with E-state index in [1.807, 2.05) is 122 Å². The van der Waals surface area contributed by atoms with Gasteiger partial charge in [-0.3, -0.25) is 24.9 Å². The average molecular weight is 464 g/mol. The Labute approximate surface area is 209 Å².